The third-order valence-electron chi connectivity index (χ3n) is 4.74. The highest BCUT2D eigenvalue weighted by Crippen LogP contribution is 2.27. The fraction of sp³-hybridized carbons (Fsp3) is 0.824. The lowest BCUT2D eigenvalue weighted by atomic mass is 9.95. The van der Waals surface area contributed by atoms with Crippen molar-refractivity contribution in [2.75, 3.05) is 6.54 Å². The fourth-order valence-corrected chi connectivity index (χ4v) is 3.52. The number of nitrogens with zero attached hydrogens (tertiary/aromatic N) is 2. The maximum Gasteiger partial charge on any atom is 0.0627 e. The standard InChI is InChI=1S/C17H31N3/c1-4-17(18-5-2)14(3)13-15-11-12-20(19-15)16-9-7-6-8-10-16/h11-12,14,16-18H,4-10,13H2,1-3H3. The molecule has 3 nitrogen and oxygen atoms in total. The van der Waals surface area contributed by atoms with Gasteiger partial charge in [0.25, 0.3) is 0 Å². The van der Waals surface area contributed by atoms with Crippen LogP contribution in [0.2, 0.25) is 0 Å². The van der Waals surface area contributed by atoms with E-state index in [1.165, 1.54) is 44.2 Å². The van der Waals surface area contributed by atoms with Crippen LogP contribution in [0.15, 0.2) is 12.3 Å². The van der Waals surface area contributed by atoms with Gasteiger partial charge in [-0.3, -0.25) is 4.68 Å². The van der Waals surface area contributed by atoms with Crippen LogP contribution in [0.1, 0.15) is 71.0 Å². The second-order valence-corrected chi connectivity index (χ2v) is 6.33. The van der Waals surface area contributed by atoms with Gasteiger partial charge in [-0.05, 0) is 44.2 Å². The van der Waals surface area contributed by atoms with Crippen molar-refractivity contribution in [2.45, 2.75) is 77.8 Å². The third kappa shape index (κ3) is 4.08. The average molecular weight is 277 g/mol. The largest absolute Gasteiger partial charge is 0.314 e. The van der Waals surface area contributed by atoms with Gasteiger partial charge in [-0.15, -0.1) is 0 Å². The Labute approximate surface area is 124 Å². The first-order valence-electron chi connectivity index (χ1n) is 8.52. The number of hydrogen-bond donors (Lipinski definition) is 1. The zero-order valence-corrected chi connectivity index (χ0v) is 13.4. The van der Waals surface area contributed by atoms with Crippen LogP contribution in [-0.2, 0) is 6.42 Å². The lowest BCUT2D eigenvalue weighted by molar-refractivity contribution is 0.324. The van der Waals surface area contributed by atoms with Crippen LogP contribution in [0.25, 0.3) is 0 Å². The molecule has 2 rings (SSSR count). The molecule has 20 heavy (non-hydrogen) atoms. The Morgan fingerprint density at radius 1 is 1.30 bits per heavy atom. The van der Waals surface area contributed by atoms with Gasteiger partial charge in [0.15, 0.2) is 0 Å². The summed E-state index contributed by atoms with van der Waals surface area (Å²) >= 11 is 0. The number of hydrogen-bond acceptors (Lipinski definition) is 2. The quantitative estimate of drug-likeness (QED) is 0.817. The molecule has 1 heterocycles. The van der Waals surface area contributed by atoms with Crippen LogP contribution in [0.5, 0.6) is 0 Å². The van der Waals surface area contributed by atoms with Crippen molar-refractivity contribution in [3.63, 3.8) is 0 Å². The van der Waals surface area contributed by atoms with Crippen LogP contribution in [-0.4, -0.2) is 22.4 Å². The van der Waals surface area contributed by atoms with Gasteiger partial charge in [-0.25, -0.2) is 0 Å². The summed E-state index contributed by atoms with van der Waals surface area (Å²) < 4.78 is 2.23. The first kappa shape index (κ1) is 15.6. The second kappa shape index (κ2) is 7.82. The smallest absolute Gasteiger partial charge is 0.0627 e. The fourth-order valence-electron chi connectivity index (χ4n) is 3.52. The monoisotopic (exact) mass is 277 g/mol. The molecule has 0 bridgehead atoms. The zero-order valence-electron chi connectivity index (χ0n) is 13.4. The molecule has 1 aliphatic carbocycles. The molecule has 1 aliphatic rings. The normalized spacial score (nSPS) is 19.9. The van der Waals surface area contributed by atoms with E-state index in [9.17, 15) is 0 Å². The Hall–Kier alpha value is -0.830. The summed E-state index contributed by atoms with van der Waals surface area (Å²) in [7, 11) is 0. The van der Waals surface area contributed by atoms with Crippen molar-refractivity contribution >= 4 is 0 Å². The van der Waals surface area contributed by atoms with Gasteiger partial charge in [-0.2, -0.15) is 5.10 Å². The van der Waals surface area contributed by atoms with E-state index in [0.717, 1.165) is 13.0 Å². The first-order valence-corrected chi connectivity index (χ1v) is 8.52. The molecule has 0 spiro atoms. The summed E-state index contributed by atoms with van der Waals surface area (Å²) in [5.41, 5.74) is 1.26. The van der Waals surface area contributed by atoms with Gasteiger partial charge < -0.3 is 5.32 Å². The Kier molecular flexibility index (Phi) is 6.08. The summed E-state index contributed by atoms with van der Waals surface area (Å²) in [4.78, 5) is 0. The van der Waals surface area contributed by atoms with Gasteiger partial charge in [0.05, 0.1) is 11.7 Å². The van der Waals surface area contributed by atoms with E-state index in [1.807, 2.05) is 0 Å². The Morgan fingerprint density at radius 2 is 2.05 bits per heavy atom. The van der Waals surface area contributed by atoms with Crippen molar-refractivity contribution in [1.82, 2.24) is 15.1 Å². The molecule has 1 saturated carbocycles. The van der Waals surface area contributed by atoms with Crippen LogP contribution in [0.3, 0.4) is 0 Å². The molecule has 1 aromatic heterocycles. The predicted molar refractivity (Wildman–Crippen MR) is 85.0 cm³/mol. The molecule has 0 radical (unpaired) electrons. The SMILES string of the molecule is CCNC(CC)C(C)Cc1ccn(C2CCCCC2)n1. The maximum atomic E-state index is 4.84. The number of nitrogens with one attached hydrogen (secondary N) is 1. The van der Waals surface area contributed by atoms with E-state index in [-0.39, 0.29) is 0 Å². The predicted octanol–water partition coefficient (Wildman–Crippen LogP) is 3.96. The molecule has 3 heteroatoms. The Bertz CT molecular complexity index is 379. The molecule has 2 unspecified atom stereocenters. The van der Waals surface area contributed by atoms with Crippen molar-refractivity contribution in [3.05, 3.63) is 18.0 Å². The van der Waals surface area contributed by atoms with Crippen molar-refractivity contribution < 1.29 is 0 Å². The summed E-state index contributed by atoms with van der Waals surface area (Å²) in [6.45, 7) is 7.85. The number of aromatic nitrogens is 2. The van der Waals surface area contributed by atoms with Gasteiger partial charge in [0.2, 0.25) is 0 Å². The average Bonchev–Trinajstić information content (AvgIpc) is 2.94. The molecular weight excluding hydrogens is 246 g/mol. The van der Waals surface area contributed by atoms with E-state index in [1.54, 1.807) is 0 Å². The molecular formula is C17H31N3. The lowest BCUT2D eigenvalue weighted by Gasteiger charge is -2.23. The molecule has 0 aliphatic heterocycles. The van der Waals surface area contributed by atoms with Gasteiger partial charge >= 0.3 is 0 Å². The molecule has 1 fully saturated rings. The lowest BCUT2D eigenvalue weighted by Crippen LogP contribution is -2.35. The van der Waals surface area contributed by atoms with Crippen molar-refractivity contribution in [2.24, 2.45) is 5.92 Å². The molecule has 2 atom stereocenters. The maximum absolute atomic E-state index is 4.84. The van der Waals surface area contributed by atoms with E-state index in [0.29, 0.717) is 18.0 Å². The molecule has 114 valence electrons. The minimum absolute atomic E-state index is 0.611. The second-order valence-electron chi connectivity index (χ2n) is 6.33. The minimum atomic E-state index is 0.611. The van der Waals surface area contributed by atoms with Crippen molar-refractivity contribution in [1.29, 1.82) is 0 Å². The van der Waals surface area contributed by atoms with Crippen molar-refractivity contribution in [3.8, 4) is 0 Å². The van der Waals surface area contributed by atoms with E-state index < -0.39 is 0 Å². The molecule has 0 saturated heterocycles. The number of rotatable bonds is 7. The summed E-state index contributed by atoms with van der Waals surface area (Å²) in [6, 6.07) is 3.49. The van der Waals surface area contributed by atoms with Gasteiger partial charge in [0, 0.05) is 12.2 Å². The Balaban J connectivity index is 1.91. The summed E-state index contributed by atoms with van der Waals surface area (Å²) in [5, 5.41) is 8.43. The van der Waals surface area contributed by atoms with Gasteiger partial charge in [0.1, 0.15) is 0 Å². The van der Waals surface area contributed by atoms with Crippen LogP contribution in [0.4, 0.5) is 0 Å². The van der Waals surface area contributed by atoms with Crippen LogP contribution < -0.4 is 5.32 Å². The first-order chi connectivity index (χ1) is 9.74. The highest BCUT2D eigenvalue weighted by molar-refractivity contribution is 5.02. The summed E-state index contributed by atoms with van der Waals surface area (Å²) in [6.07, 6.45) is 11.2. The third-order valence-corrected chi connectivity index (χ3v) is 4.74. The highest BCUT2D eigenvalue weighted by atomic mass is 15.3. The molecule has 1 N–H and O–H groups in total. The molecule has 1 aromatic rings. The highest BCUT2D eigenvalue weighted by Gasteiger charge is 2.18. The topological polar surface area (TPSA) is 29.9 Å². The zero-order chi connectivity index (χ0) is 14.4. The molecule has 0 aromatic carbocycles. The Morgan fingerprint density at radius 3 is 2.70 bits per heavy atom. The van der Waals surface area contributed by atoms with E-state index in [2.05, 4.69) is 43.0 Å². The van der Waals surface area contributed by atoms with Gasteiger partial charge in [-0.1, -0.05) is 40.0 Å². The van der Waals surface area contributed by atoms with E-state index in [4.69, 9.17) is 5.10 Å². The molecule has 0 amide bonds. The van der Waals surface area contributed by atoms with E-state index >= 15 is 0 Å². The van der Waals surface area contributed by atoms with Crippen LogP contribution in [0, 0.1) is 5.92 Å². The minimum Gasteiger partial charge on any atom is -0.314 e. The summed E-state index contributed by atoms with van der Waals surface area (Å²) in [5.74, 6) is 0.648. The van der Waals surface area contributed by atoms with Crippen LogP contribution >= 0.6 is 0 Å².